The molecule has 41 heavy (non-hydrogen) atoms. The fraction of sp³-hybridized carbons (Fsp3) is 0.912. The summed E-state index contributed by atoms with van der Waals surface area (Å²) in [5.41, 5.74) is 5.40. The molecular formula is C34H60N2O5. The topological polar surface area (TPSA) is 143 Å². The fourth-order valence-electron chi connectivity index (χ4n) is 9.16. The van der Waals surface area contributed by atoms with Gasteiger partial charge in [0.1, 0.15) is 6.17 Å². The summed E-state index contributed by atoms with van der Waals surface area (Å²) in [5.74, 6) is -0.154. The van der Waals surface area contributed by atoms with E-state index in [0.29, 0.717) is 30.6 Å². The number of piperidine rings is 1. The highest BCUT2D eigenvalue weighted by Crippen LogP contribution is 2.53. The van der Waals surface area contributed by atoms with Crippen LogP contribution < -0.4 is 16.2 Å². The molecule has 3 fully saturated rings. The lowest BCUT2D eigenvalue weighted by atomic mass is 9.66. The van der Waals surface area contributed by atoms with Crippen molar-refractivity contribution in [3.63, 3.8) is 0 Å². The molecule has 7 N–H and O–H groups in total. The first kappa shape index (κ1) is 32.9. The van der Waals surface area contributed by atoms with Crippen LogP contribution in [0.5, 0.6) is 0 Å². The third-order valence-electron chi connectivity index (χ3n) is 11.6. The molecule has 1 heterocycles. The van der Waals surface area contributed by atoms with Crippen molar-refractivity contribution in [3.05, 3.63) is 12.2 Å². The van der Waals surface area contributed by atoms with Gasteiger partial charge in [-0.05, 0) is 100 Å². The van der Waals surface area contributed by atoms with Crippen LogP contribution in [-0.4, -0.2) is 51.8 Å². The van der Waals surface area contributed by atoms with Crippen molar-refractivity contribution < 1.29 is 30.5 Å². The Labute approximate surface area is 248 Å². The van der Waals surface area contributed by atoms with Gasteiger partial charge >= 0.3 is 0 Å². The van der Waals surface area contributed by atoms with Gasteiger partial charge in [-0.25, -0.2) is 0 Å². The maximum atomic E-state index is 12.1. The van der Waals surface area contributed by atoms with Gasteiger partial charge in [0.25, 0.3) is 0 Å². The molecule has 0 radical (unpaired) electrons. The van der Waals surface area contributed by atoms with E-state index in [2.05, 4.69) is 24.4 Å². The molecule has 0 aromatic heterocycles. The van der Waals surface area contributed by atoms with Gasteiger partial charge in [-0.1, -0.05) is 57.6 Å². The molecule has 11 atom stereocenters. The quantitative estimate of drug-likeness (QED) is 0.150. The van der Waals surface area contributed by atoms with E-state index >= 15 is 0 Å². The minimum Gasteiger partial charge on any atom is -0.550 e. The molecule has 7 nitrogen and oxygen atoms in total. The summed E-state index contributed by atoms with van der Waals surface area (Å²) < 4.78 is 0. The van der Waals surface area contributed by atoms with E-state index in [4.69, 9.17) is 5.73 Å². The summed E-state index contributed by atoms with van der Waals surface area (Å²) in [6.45, 7) is 3.30. The summed E-state index contributed by atoms with van der Waals surface area (Å²) in [6, 6.07) is 0. The summed E-state index contributed by atoms with van der Waals surface area (Å²) >= 11 is 0. The van der Waals surface area contributed by atoms with Gasteiger partial charge in [0.05, 0.1) is 24.4 Å². The number of rotatable bonds is 15. The summed E-state index contributed by atoms with van der Waals surface area (Å²) in [4.78, 5) is 12.1. The van der Waals surface area contributed by atoms with E-state index in [1.165, 1.54) is 25.7 Å². The predicted octanol–water partition coefficient (Wildman–Crippen LogP) is 3.00. The number of carboxylic acids is 1. The Morgan fingerprint density at radius 1 is 1.07 bits per heavy atom. The van der Waals surface area contributed by atoms with Crippen LogP contribution in [0.2, 0.25) is 0 Å². The molecule has 0 aromatic rings. The van der Waals surface area contributed by atoms with Crippen molar-refractivity contribution in [3.8, 4) is 0 Å². The number of carbonyl (C=O) groups is 1. The summed E-state index contributed by atoms with van der Waals surface area (Å²) in [7, 11) is 0. The van der Waals surface area contributed by atoms with E-state index < -0.39 is 23.6 Å². The zero-order valence-electron chi connectivity index (χ0n) is 25.7. The number of hydrogen-bond donors (Lipinski definition) is 5. The molecule has 4 rings (SSSR count). The second kappa shape index (κ2) is 15.7. The molecule has 0 bridgehead atoms. The van der Waals surface area contributed by atoms with E-state index in [-0.39, 0.29) is 30.0 Å². The molecule has 1 aliphatic heterocycles. The van der Waals surface area contributed by atoms with Crippen molar-refractivity contribution in [2.24, 2.45) is 47.2 Å². The van der Waals surface area contributed by atoms with E-state index in [1.807, 2.05) is 0 Å². The first-order valence-electron chi connectivity index (χ1n) is 17.3. The maximum absolute atomic E-state index is 12.1. The van der Waals surface area contributed by atoms with Gasteiger partial charge in [0, 0.05) is 24.2 Å². The van der Waals surface area contributed by atoms with Gasteiger partial charge in [-0.15, -0.1) is 0 Å². The van der Waals surface area contributed by atoms with Crippen molar-refractivity contribution >= 4 is 5.97 Å². The number of carboxylic acid groups (broad SMARTS) is 1. The maximum Gasteiger partial charge on any atom is 0.137 e. The molecule has 7 heteroatoms. The van der Waals surface area contributed by atoms with Crippen LogP contribution >= 0.6 is 0 Å². The average Bonchev–Trinajstić information content (AvgIpc) is 3.26. The number of nitrogens with two attached hydrogens (primary N) is 2. The SMILES string of the molecule is CCCCC[C@H]1C=C[C@@H](CCCCC[C@H](C(=O)[O-])[C@H](O)[C@H]2CC[C@@H]3[C@H](CC4CC[NH2+]C(N)C4)CC[C@]3(O)C2)[C@H](O)C1. The number of carbonyl (C=O) groups excluding carboxylic acids is 1. The molecule has 4 aliphatic rings. The van der Waals surface area contributed by atoms with E-state index in [1.54, 1.807) is 0 Å². The normalized spacial score (nSPS) is 38.9. The second-order valence-corrected chi connectivity index (χ2v) is 14.5. The molecule has 236 valence electrons. The Bertz CT molecular complexity index is 838. The number of quaternary nitrogens is 1. The summed E-state index contributed by atoms with van der Waals surface area (Å²) in [6.07, 6.45) is 20.4. The Kier molecular flexibility index (Phi) is 12.6. The lowest BCUT2D eigenvalue weighted by Gasteiger charge is -2.44. The Morgan fingerprint density at radius 3 is 2.61 bits per heavy atom. The van der Waals surface area contributed by atoms with E-state index in [9.17, 15) is 25.2 Å². The number of allylic oxidation sites excluding steroid dienone is 1. The van der Waals surface area contributed by atoms with Crippen LogP contribution in [0.1, 0.15) is 122 Å². The first-order valence-corrected chi connectivity index (χ1v) is 17.3. The Balaban J connectivity index is 1.19. The van der Waals surface area contributed by atoms with Crippen LogP contribution in [0, 0.1) is 41.4 Å². The van der Waals surface area contributed by atoms with Crippen molar-refractivity contribution in [2.75, 3.05) is 6.54 Å². The van der Waals surface area contributed by atoms with Crippen LogP contribution in [0.3, 0.4) is 0 Å². The van der Waals surface area contributed by atoms with Crippen molar-refractivity contribution in [2.45, 2.75) is 146 Å². The zero-order chi connectivity index (χ0) is 29.4. The largest absolute Gasteiger partial charge is 0.550 e. The van der Waals surface area contributed by atoms with Gasteiger partial charge in [-0.3, -0.25) is 5.73 Å². The Hall–Kier alpha value is -0.990. The number of aliphatic carboxylic acids is 1. The average molecular weight is 577 g/mol. The van der Waals surface area contributed by atoms with Gasteiger partial charge in [0.2, 0.25) is 0 Å². The smallest absolute Gasteiger partial charge is 0.137 e. The monoisotopic (exact) mass is 576 g/mol. The minimum absolute atomic E-state index is 0.191. The lowest BCUT2D eigenvalue weighted by molar-refractivity contribution is -0.699. The molecule has 2 saturated carbocycles. The van der Waals surface area contributed by atoms with Crippen LogP contribution in [0.4, 0.5) is 0 Å². The molecule has 3 aliphatic carbocycles. The van der Waals surface area contributed by atoms with Crippen LogP contribution in [0.15, 0.2) is 12.2 Å². The molecule has 0 amide bonds. The second-order valence-electron chi connectivity index (χ2n) is 14.5. The third kappa shape index (κ3) is 9.01. The van der Waals surface area contributed by atoms with Gasteiger partial charge in [0.15, 0.2) is 0 Å². The highest BCUT2D eigenvalue weighted by atomic mass is 16.4. The Morgan fingerprint density at radius 2 is 1.88 bits per heavy atom. The number of hydrogen-bond acceptors (Lipinski definition) is 6. The van der Waals surface area contributed by atoms with Crippen molar-refractivity contribution in [1.82, 2.24) is 0 Å². The number of aliphatic hydroxyl groups is 3. The number of aliphatic hydroxyl groups excluding tert-OH is 2. The zero-order valence-corrected chi connectivity index (χ0v) is 25.7. The third-order valence-corrected chi connectivity index (χ3v) is 11.6. The van der Waals surface area contributed by atoms with Crippen molar-refractivity contribution in [1.29, 1.82) is 0 Å². The highest BCUT2D eigenvalue weighted by molar-refractivity contribution is 5.68. The molecule has 2 unspecified atom stereocenters. The lowest BCUT2D eigenvalue weighted by Crippen LogP contribution is -2.94. The molecular weight excluding hydrogens is 516 g/mol. The number of fused-ring (bicyclic) bond motifs is 1. The minimum atomic E-state index is -1.17. The molecule has 0 aromatic carbocycles. The fourth-order valence-corrected chi connectivity index (χ4v) is 9.16. The summed E-state index contributed by atoms with van der Waals surface area (Å²) in [5, 5.41) is 47.8. The van der Waals surface area contributed by atoms with Crippen LogP contribution in [-0.2, 0) is 4.79 Å². The number of unbranched alkanes of at least 4 members (excludes halogenated alkanes) is 4. The highest BCUT2D eigenvalue weighted by Gasteiger charge is 2.52. The molecule has 1 saturated heterocycles. The van der Waals surface area contributed by atoms with Crippen LogP contribution in [0.25, 0.3) is 0 Å². The first-order chi connectivity index (χ1) is 19.7. The van der Waals surface area contributed by atoms with Gasteiger partial charge in [-0.2, -0.15) is 0 Å². The van der Waals surface area contributed by atoms with Gasteiger partial charge < -0.3 is 30.5 Å². The predicted molar refractivity (Wildman–Crippen MR) is 159 cm³/mol. The molecule has 0 spiro atoms. The van der Waals surface area contributed by atoms with E-state index in [0.717, 1.165) is 83.6 Å². The standard InChI is InChI=1S/C34H60N2O5/c1-2-3-5-8-23-11-12-25(30(37)20-23)9-6-4-7-10-28(33(39)40)32(38)27-13-14-29-26(15-17-34(29,41)22-27)19-24-16-18-36-31(35)21-24/h11-12,23-32,36-38,41H,2-10,13-22,35H2,1H3,(H,39,40)/t23-,24?,25+,26-,27-,28-,29+,30+,31?,32+,34-/m0/s1.